The highest BCUT2D eigenvalue weighted by Crippen LogP contribution is 2.19. The summed E-state index contributed by atoms with van der Waals surface area (Å²) >= 11 is 0. The first-order chi connectivity index (χ1) is 12.2. The van der Waals surface area contributed by atoms with Gasteiger partial charge in [-0.25, -0.2) is 0 Å². The molecule has 5 nitrogen and oxygen atoms in total. The number of nitrogens with one attached hydrogen (secondary N) is 1. The molecule has 0 aliphatic heterocycles. The lowest BCUT2D eigenvalue weighted by molar-refractivity contribution is 0.104. The zero-order valence-electron chi connectivity index (χ0n) is 14.1. The van der Waals surface area contributed by atoms with Gasteiger partial charge in [0.15, 0.2) is 0 Å². The number of allylic oxidation sites excluding steroid dienone is 2. The topological polar surface area (TPSA) is 81.6 Å². The van der Waals surface area contributed by atoms with E-state index in [-0.39, 0.29) is 17.7 Å². The highest BCUT2D eigenvalue weighted by atomic mass is 16.1. The minimum absolute atomic E-state index is 0.117. The van der Waals surface area contributed by atoms with E-state index >= 15 is 0 Å². The molecule has 1 aromatic heterocycles. The van der Waals surface area contributed by atoms with Crippen molar-refractivity contribution in [2.45, 2.75) is 25.3 Å². The molecule has 0 aliphatic rings. The predicted molar refractivity (Wildman–Crippen MR) is 102 cm³/mol. The molecule has 2 rings (SSSR count). The summed E-state index contributed by atoms with van der Waals surface area (Å²) in [5.74, 6) is -0.303. The van der Waals surface area contributed by atoms with Crippen LogP contribution in [0.3, 0.4) is 0 Å². The van der Waals surface area contributed by atoms with Crippen LogP contribution in [0.2, 0.25) is 0 Å². The number of carbonyl (C=O) groups is 1. The molecule has 0 saturated heterocycles. The Morgan fingerprint density at radius 2 is 2.16 bits per heavy atom. The predicted octanol–water partition coefficient (Wildman–Crippen LogP) is 5.74. The van der Waals surface area contributed by atoms with Crippen molar-refractivity contribution in [3.8, 4) is 0 Å². The van der Waals surface area contributed by atoms with Crippen LogP contribution in [0, 0.1) is 5.92 Å². The van der Waals surface area contributed by atoms with Gasteiger partial charge < -0.3 is 4.98 Å². The third kappa shape index (κ3) is 4.96. The summed E-state index contributed by atoms with van der Waals surface area (Å²) in [5.41, 5.74) is 10.2. The zero-order valence-corrected chi connectivity index (χ0v) is 14.1. The summed E-state index contributed by atoms with van der Waals surface area (Å²) in [6, 6.07) is 9.32. The number of carbonyl (C=O) groups excluding carboxylic acids is 1. The molecular weight excluding hydrogens is 312 g/mol. The monoisotopic (exact) mass is 334 g/mol. The number of H-pyrrole nitrogens is 1. The van der Waals surface area contributed by atoms with Gasteiger partial charge in [0.25, 0.3) is 0 Å². The van der Waals surface area contributed by atoms with Gasteiger partial charge >= 0.3 is 0 Å². The Balaban J connectivity index is 2.12. The molecule has 0 amide bonds. The van der Waals surface area contributed by atoms with Crippen molar-refractivity contribution in [3.05, 3.63) is 83.9 Å². The van der Waals surface area contributed by atoms with Crippen molar-refractivity contribution < 1.29 is 4.79 Å². The number of benzene rings is 1. The number of ketones is 1. The summed E-state index contributed by atoms with van der Waals surface area (Å²) in [6.45, 7) is 7.50. The summed E-state index contributed by atoms with van der Waals surface area (Å²) < 4.78 is 0. The minimum Gasteiger partial charge on any atom is -0.352 e. The maximum absolute atomic E-state index is 12.4. The van der Waals surface area contributed by atoms with Gasteiger partial charge in [0.1, 0.15) is 0 Å². The van der Waals surface area contributed by atoms with E-state index in [9.17, 15) is 4.79 Å². The highest BCUT2D eigenvalue weighted by Gasteiger charge is 2.15. The van der Waals surface area contributed by atoms with Crippen LogP contribution in [0.15, 0.2) is 72.9 Å². The Hall–Kier alpha value is -3.04. The Bertz CT molecular complexity index is 794. The molecule has 0 radical (unpaired) electrons. The Labute approximate surface area is 147 Å². The largest absolute Gasteiger partial charge is 0.352 e. The number of para-hydroxylation sites is 1. The van der Waals surface area contributed by atoms with Crippen LogP contribution in [0.1, 0.15) is 29.8 Å². The van der Waals surface area contributed by atoms with E-state index in [1.807, 2.05) is 36.4 Å². The molecule has 25 heavy (non-hydrogen) atoms. The molecule has 1 aromatic carbocycles. The fourth-order valence-corrected chi connectivity index (χ4v) is 2.72. The van der Waals surface area contributed by atoms with E-state index in [0.29, 0.717) is 5.69 Å². The van der Waals surface area contributed by atoms with Crippen LogP contribution < -0.4 is 0 Å². The molecule has 0 bridgehead atoms. The van der Waals surface area contributed by atoms with Gasteiger partial charge in [-0.05, 0) is 43.0 Å². The lowest BCUT2D eigenvalue weighted by Gasteiger charge is -2.16. The van der Waals surface area contributed by atoms with E-state index in [1.165, 1.54) is 6.08 Å². The van der Waals surface area contributed by atoms with Crippen molar-refractivity contribution in [3.63, 3.8) is 0 Å². The average molecular weight is 334 g/mol. The third-order valence-corrected chi connectivity index (χ3v) is 4.09. The molecule has 1 unspecified atom stereocenters. The van der Waals surface area contributed by atoms with Gasteiger partial charge in [0.05, 0.1) is 5.69 Å². The normalized spacial score (nSPS) is 13.3. The summed E-state index contributed by atoms with van der Waals surface area (Å²) in [5, 5.41) is 4.85. The number of hydrogen-bond acceptors (Lipinski definition) is 2. The van der Waals surface area contributed by atoms with Gasteiger partial charge in [-0.15, -0.1) is 13.2 Å². The Morgan fingerprint density at radius 3 is 2.84 bits per heavy atom. The SMILES string of the molecule is C=CCCC[C@H](N=[N+]=[N-])C(C=C)/C=C/C(=O)c1cc2ccccc2[nH]1. The molecule has 0 fully saturated rings. The summed E-state index contributed by atoms with van der Waals surface area (Å²) in [6.07, 6.45) is 9.28. The number of hydrogen-bond donors (Lipinski definition) is 1. The number of azide groups is 1. The van der Waals surface area contributed by atoms with E-state index in [1.54, 1.807) is 12.2 Å². The number of nitrogens with zero attached hydrogens (tertiary/aromatic N) is 3. The standard InChI is InChI=1S/C20H22N4O/c1-3-5-6-11-18(23-24-21)15(4-2)12-13-20(25)19-14-16-9-7-8-10-17(16)22-19/h3-4,7-10,12-15,18,22H,1-2,5-6,11H2/b13-12+/t15?,18-/m0/s1. The second kappa shape index (κ2) is 9.30. The number of rotatable bonds is 10. The quantitative estimate of drug-likeness (QED) is 0.112. The van der Waals surface area contributed by atoms with E-state index in [2.05, 4.69) is 28.2 Å². The maximum atomic E-state index is 12.4. The molecule has 0 spiro atoms. The van der Waals surface area contributed by atoms with E-state index in [4.69, 9.17) is 5.53 Å². The number of unbranched alkanes of at least 4 members (excludes halogenated alkanes) is 1. The van der Waals surface area contributed by atoms with E-state index < -0.39 is 0 Å². The molecule has 2 atom stereocenters. The van der Waals surface area contributed by atoms with Crippen LogP contribution in [-0.2, 0) is 0 Å². The summed E-state index contributed by atoms with van der Waals surface area (Å²) in [4.78, 5) is 18.4. The van der Waals surface area contributed by atoms with Gasteiger partial charge in [-0.1, -0.05) is 41.5 Å². The Morgan fingerprint density at radius 1 is 1.36 bits per heavy atom. The van der Waals surface area contributed by atoms with Crippen LogP contribution in [-0.4, -0.2) is 16.8 Å². The lowest BCUT2D eigenvalue weighted by Crippen LogP contribution is -2.14. The number of aromatic nitrogens is 1. The molecule has 0 saturated carbocycles. The smallest absolute Gasteiger partial charge is 0.201 e. The first-order valence-corrected chi connectivity index (χ1v) is 8.27. The number of aromatic amines is 1. The number of fused-ring (bicyclic) bond motifs is 1. The molecule has 2 aromatic rings. The van der Waals surface area contributed by atoms with Crippen molar-refractivity contribution in [1.29, 1.82) is 0 Å². The van der Waals surface area contributed by atoms with E-state index in [0.717, 1.165) is 30.2 Å². The second-order valence-electron chi connectivity index (χ2n) is 5.80. The molecule has 5 heteroatoms. The van der Waals surface area contributed by atoms with Crippen LogP contribution in [0.4, 0.5) is 0 Å². The maximum Gasteiger partial charge on any atom is 0.201 e. The van der Waals surface area contributed by atoms with Gasteiger partial charge in [-0.3, -0.25) is 4.79 Å². The molecular formula is C20H22N4O. The lowest BCUT2D eigenvalue weighted by atomic mass is 9.94. The fraction of sp³-hybridized carbons (Fsp3) is 0.250. The van der Waals surface area contributed by atoms with Gasteiger partial charge in [0, 0.05) is 27.8 Å². The molecule has 0 aliphatic carbocycles. The van der Waals surface area contributed by atoms with Crippen molar-refractivity contribution in [2.75, 3.05) is 0 Å². The van der Waals surface area contributed by atoms with Crippen molar-refractivity contribution in [2.24, 2.45) is 11.0 Å². The minimum atomic E-state index is -0.255. The van der Waals surface area contributed by atoms with Crippen LogP contribution >= 0.6 is 0 Å². The van der Waals surface area contributed by atoms with Crippen LogP contribution in [0.25, 0.3) is 21.3 Å². The fourth-order valence-electron chi connectivity index (χ4n) is 2.72. The molecule has 1 N–H and O–H groups in total. The van der Waals surface area contributed by atoms with Crippen molar-refractivity contribution >= 4 is 16.7 Å². The third-order valence-electron chi connectivity index (χ3n) is 4.09. The van der Waals surface area contributed by atoms with Crippen LogP contribution in [0.5, 0.6) is 0 Å². The highest BCUT2D eigenvalue weighted by molar-refractivity contribution is 6.06. The average Bonchev–Trinajstić information content (AvgIpc) is 3.06. The molecule has 128 valence electrons. The Kier molecular flexibility index (Phi) is 6.81. The first-order valence-electron chi connectivity index (χ1n) is 8.27. The van der Waals surface area contributed by atoms with Gasteiger partial charge in [0.2, 0.25) is 5.78 Å². The molecule has 1 heterocycles. The zero-order chi connectivity index (χ0) is 18.1. The van der Waals surface area contributed by atoms with Crippen molar-refractivity contribution in [1.82, 2.24) is 4.98 Å². The first kappa shape index (κ1) is 18.3. The second-order valence-corrected chi connectivity index (χ2v) is 5.80. The summed E-state index contributed by atoms with van der Waals surface area (Å²) in [7, 11) is 0. The van der Waals surface area contributed by atoms with Gasteiger partial charge in [-0.2, -0.15) is 0 Å².